The largest absolute Gasteiger partial charge is 0.444 e. The molecule has 0 aromatic rings. The number of nitrogens with one attached hydrogen (secondary N) is 4. The molecular weight excluding hydrogens is 364 g/mol. The fourth-order valence-electron chi connectivity index (χ4n) is 2.36. The Kier molecular flexibility index (Phi) is 10.6. The molecule has 0 unspecified atom stereocenters. The number of hydrogen-bond donors (Lipinski definition) is 4. The minimum atomic E-state index is -0.852. The number of hydrogen-bond acceptors (Lipinski definition) is 5. The van der Waals surface area contributed by atoms with Crippen LogP contribution in [0.4, 0.5) is 4.79 Å². The lowest BCUT2D eigenvalue weighted by Crippen LogP contribution is -2.56. The summed E-state index contributed by atoms with van der Waals surface area (Å²) in [5.74, 6) is -1.19. The number of alkyl carbamates (subject to hydrolysis) is 1. The molecule has 4 amide bonds. The van der Waals surface area contributed by atoms with Crippen molar-refractivity contribution < 1.29 is 23.9 Å². The van der Waals surface area contributed by atoms with E-state index in [2.05, 4.69) is 21.5 Å². The van der Waals surface area contributed by atoms with Gasteiger partial charge >= 0.3 is 6.09 Å². The maximum Gasteiger partial charge on any atom is 0.408 e. The predicted octanol–water partition coefficient (Wildman–Crippen LogP) is 1.62. The first-order valence-electron chi connectivity index (χ1n) is 9.57. The van der Waals surface area contributed by atoms with Crippen LogP contribution in [-0.2, 0) is 19.1 Å². The smallest absolute Gasteiger partial charge is 0.408 e. The molecule has 0 saturated carbocycles. The van der Waals surface area contributed by atoms with Crippen molar-refractivity contribution in [3.8, 4) is 0 Å². The van der Waals surface area contributed by atoms with Gasteiger partial charge < -0.3 is 15.4 Å². The summed E-state index contributed by atoms with van der Waals surface area (Å²) in [6.07, 6.45) is 0.0570. The fraction of sp³-hybridized carbons (Fsp3) is 0.789. The van der Waals surface area contributed by atoms with Crippen LogP contribution in [0, 0.1) is 11.8 Å². The summed E-state index contributed by atoms with van der Waals surface area (Å²) in [6.45, 7) is 14.1. The highest BCUT2D eigenvalue weighted by Gasteiger charge is 2.29. The van der Waals surface area contributed by atoms with Crippen LogP contribution in [0.2, 0.25) is 0 Å². The molecule has 0 saturated heterocycles. The quantitative estimate of drug-likeness (QED) is 0.461. The van der Waals surface area contributed by atoms with E-state index in [1.54, 1.807) is 20.8 Å². The van der Waals surface area contributed by atoms with Gasteiger partial charge in [-0.25, -0.2) is 4.79 Å². The van der Waals surface area contributed by atoms with Gasteiger partial charge in [-0.15, -0.1) is 0 Å². The molecule has 9 heteroatoms. The Bertz CT molecular complexity index is 555. The van der Waals surface area contributed by atoms with Gasteiger partial charge in [0, 0.05) is 6.92 Å². The van der Waals surface area contributed by atoms with E-state index >= 15 is 0 Å². The molecular formula is C19H36N4O5. The summed E-state index contributed by atoms with van der Waals surface area (Å²) in [5.41, 5.74) is 3.80. The Morgan fingerprint density at radius 3 is 1.64 bits per heavy atom. The fourth-order valence-corrected chi connectivity index (χ4v) is 2.36. The number of amides is 4. The predicted molar refractivity (Wildman–Crippen MR) is 106 cm³/mol. The number of hydrazine groups is 1. The summed E-state index contributed by atoms with van der Waals surface area (Å²) in [7, 11) is 0. The van der Waals surface area contributed by atoms with Crippen LogP contribution in [0.5, 0.6) is 0 Å². The van der Waals surface area contributed by atoms with Gasteiger partial charge in [-0.1, -0.05) is 27.7 Å². The Hall–Kier alpha value is -2.32. The minimum absolute atomic E-state index is 0.121. The van der Waals surface area contributed by atoms with Gasteiger partial charge in [-0.2, -0.15) is 0 Å². The second-order valence-electron chi connectivity index (χ2n) is 8.69. The Morgan fingerprint density at radius 1 is 0.786 bits per heavy atom. The maximum absolute atomic E-state index is 12.8. The van der Waals surface area contributed by atoms with Crippen molar-refractivity contribution in [3.63, 3.8) is 0 Å². The molecule has 0 aliphatic rings. The highest BCUT2D eigenvalue weighted by atomic mass is 16.6. The Morgan fingerprint density at radius 2 is 1.25 bits per heavy atom. The van der Waals surface area contributed by atoms with E-state index in [-0.39, 0.29) is 11.8 Å². The summed E-state index contributed by atoms with van der Waals surface area (Å²) >= 11 is 0. The van der Waals surface area contributed by atoms with E-state index in [0.29, 0.717) is 12.8 Å². The van der Waals surface area contributed by atoms with Crippen LogP contribution < -0.4 is 21.5 Å². The van der Waals surface area contributed by atoms with E-state index in [0.717, 1.165) is 0 Å². The molecule has 0 bridgehead atoms. The molecule has 9 nitrogen and oxygen atoms in total. The first kappa shape index (κ1) is 25.7. The van der Waals surface area contributed by atoms with E-state index in [9.17, 15) is 19.2 Å². The zero-order valence-electron chi connectivity index (χ0n) is 18.3. The average Bonchev–Trinajstić information content (AvgIpc) is 2.48. The molecule has 28 heavy (non-hydrogen) atoms. The van der Waals surface area contributed by atoms with E-state index in [1.807, 2.05) is 27.7 Å². The molecule has 0 spiro atoms. The van der Waals surface area contributed by atoms with Crippen LogP contribution >= 0.6 is 0 Å². The van der Waals surface area contributed by atoms with Gasteiger partial charge in [0.2, 0.25) is 11.8 Å². The third-order valence-corrected chi connectivity index (χ3v) is 3.42. The second kappa shape index (κ2) is 11.5. The summed E-state index contributed by atoms with van der Waals surface area (Å²) in [6, 6.07) is -1.70. The average molecular weight is 401 g/mol. The summed E-state index contributed by atoms with van der Waals surface area (Å²) in [4.78, 5) is 48.2. The van der Waals surface area contributed by atoms with Crippen LogP contribution in [0.1, 0.15) is 68.2 Å². The summed E-state index contributed by atoms with van der Waals surface area (Å²) < 4.78 is 5.23. The molecule has 162 valence electrons. The molecule has 0 radical (unpaired) electrons. The van der Waals surface area contributed by atoms with Crippen molar-refractivity contribution in [1.29, 1.82) is 0 Å². The van der Waals surface area contributed by atoms with Gasteiger partial charge in [-0.05, 0) is 45.4 Å². The normalized spacial score (nSPS) is 13.5. The van der Waals surface area contributed by atoms with Gasteiger partial charge in [-0.3, -0.25) is 25.2 Å². The molecule has 0 aromatic heterocycles. The van der Waals surface area contributed by atoms with Gasteiger partial charge in [0.05, 0.1) is 0 Å². The standard InChI is InChI=1S/C19H36N4O5/c1-11(2)9-14(21-18(27)28-19(6,7)8)16(25)20-15(10-12(3)4)17(26)23-22-13(5)24/h11-12,14-15H,9-10H2,1-8H3,(H,20,25)(H,21,27)(H,22,24)(H,23,26)/t14-,15-/m1/s1. The lowest BCUT2D eigenvalue weighted by atomic mass is 10.0. The monoisotopic (exact) mass is 400 g/mol. The zero-order chi connectivity index (χ0) is 22.1. The molecule has 2 atom stereocenters. The highest BCUT2D eigenvalue weighted by molar-refractivity contribution is 5.92. The molecule has 0 aliphatic carbocycles. The van der Waals surface area contributed by atoms with Crippen molar-refractivity contribution in [3.05, 3.63) is 0 Å². The van der Waals surface area contributed by atoms with Crippen molar-refractivity contribution in [1.82, 2.24) is 21.5 Å². The third kappa shape index (κ3) is 12.1. The lowest BCUT2D eigenvalue weighted by Gasteiger charge is -2.26. The maximum atomic E-state index is 12.8. The number of rotatable bonds is 8. The molecule has 4 N–H and O–H groups in total. The van der Waals surface area contributed by atoms with Crippen molar-refractivity contribution in [2.75, 3.05) is 0 Å². The third-order valence-electron chi connectivity index (χ3n) is 3.42. The van der Waals surface area contributed by atoms with Crippen molar-refractivity contribution in [2.45, 2.75) is 85.9 Å². The van der Waals surface area contributed by atoms with Crippen LogP contribution in [0.25, 0.3) is 0 Å². The second-order valence-corrected chi connectivity index (χ2v) is 8.69. The summed E-state index contributed by atoms with van der Waals surface area (Å²) in [5, 5.41) is 5.25. The van der Waals surface area contributed by atoms with Crippen LogP contribution in [0.3, 0.4) is 0 Å². The van der Waals surface area contributed by atoms with Gasteiger partial charge in [0.1, 0.15) is 17.7 Å². The van der Waals surface area contributed by atoms with Gasteiger partial charge in [0.15, 0.2) is 0 Å². The first-order chi connectivity index (χ1) is 12.7. The molecule has 0 heterocycles. The van der Waals surface area contributed by atoms with E-state index < -0.39 is 41.5 Å². The zero-order valence-corrected chi connectivity index (χ0v) is 18.3. The molecule has 0 fully saturated rings. The lowest BCUT2D eigenvalue weighted by molar-refractivity contribution is -0.132. The molecule has 0 aromatic carbocycles. The molecule has 0 rings (SSSR count). The first-order valence-corrected chi connectivity index (χ1v) is 9.57. The Balaban J connectivity index is 5.20. The molecule has 0 aliphatic heterocycles. The van der Waals surface area contributed by atoms with Crippen LogP contribution in [-0.4, -0.2) is 41.5 Å². The van der Waals surface area contributed by atoms with E-state index in [4.69, 9.17) is 4.74 Å². The topological polar surface area (TPSA) is 126 Å². The van der Waals surface area contributed by atoms with E-state index in [1.165, 1.54) is 6.92 Å². The minimum Gasteiger partial charge on any atom is -0.444 e. The van der Waals surface area contributed by atoms with Crippen molar-refractivity contribution in [2.24, 2.45) is 11.8 Å². The van der Waals surface area contributed by atoms with Crippen LogP contribution in [0.15, 0.2) is 0 Å². The SMILES string of the molecule is CC(=O)NNC(=O)[C@@H](CC(C)C)NC(=O)[C@@H](CC(C)C)NC(=O)OC(C)(C)C. The number of ether oxygens (including phenoxy) is 1. The van der Waals surface area contributed by atoms with Gasteiger partial charge in [0.25, 0.3) is 5.91 Å². The highest BCUT2D eigenvalue weighted by Crippen LogP contribution is 2.11. The Labute approximate surface area is 167 Å². The number of carbonyl (C=O) groups is 4. The number of carbonyl (C=O) groups excluding carboxylic acids is 4. The van der Waals surface area contributed by atoms with Crippen molar-refractivity contribution >= 4 is 23.8 Å².